The number of carbonyl (C=O) groups is 1. The van der Waals surface area contributed by atoms with Crippen molar-refractivity contribution in [3.05, 3.63) is 63.9 Å². The molecule has 26 heavy (non-hydrogen) atoms. The molecule has 1 fully saturated rings. The van der Waals surface area contributed by atoms with Gasteiger partial charge in [-0.1, -0.05) is 11.6 Å². The van der Waals surface area contributed by atoms with Crippen molar-refractivity contribution in [1.29, 1.82) is 0 Å². The summed E-state index contributed by atoms with van der Waals surface area (Å²) in [5.74, 6) is 1.13. The van der Waals surface area contributed by atoms with Gasteiger partial charge in [0.05, 0.1) is 0 Å². The van der Waals surface area contributed by atoms with Gasteiger partial charge in [0.1, 0.15) is 0 Å². The maximum Gasteiger partial charge on any atom is 0.251 e. The van der Waals surface area contributed by atoms with Crippen molar-refractivity contribution >= 4 is 17.5 Å². The molecular formula is C22H27ClN2O. The number of amides is 1. The molecule has 2 aromatic rings. The molecule has 0 spiro atoms. The molecule has 0 saturated heterocycles. The Balaban J connectivity index is 1.56. The van der Waals surface area contributed by atoms with Crippen LogP contribution in [-0.4, -0.2) is 16.9 Å². The number of aryl methyl sites for hydroxylation is 1. The zero-order valence-electron chi connectivity index (χ0n) is 15.8. The van der Waals surface area contributed by atoms with Gasteiger partial charge in [-0.3, -0.25) is 9.78 Å². The SMILES string of the molecule is Cc1nccc(C2CCC([C@@H](C)NC(=O)c3ccc(Cl)cc3)CC2)c1C. The largest absolute Gasteiger partial charge is 0.349 e. The molecular weight excluding hydrogens is 344 g/mol. The number of pyridine rings is 1. The highest BCUT2D eigenvalue weighted by atomic mass is 35.5. The fourth-order valence-corrected chi connectivity index (χ4v) is 4.17. The third-order valence-corrected chi connectivity index (χ3v) is 6.13. The molecule has 1 aromatic heterocycles. The number of hydrogen-bond donors (Lipinski definition) is 1. The molecule has 1 atom stereocenters. The molecule has 4 heteroatoms. The molecule has 138 valence electrons. The Morgan fingerprint density at radius 2 is 1.77 bits per heavy atom. The Bertz CT molecular complexity index is 764. The van der Waals surface area contributed by atoms with E-state index in [1.54, 1.807) is 24.3 Å². The second-order valence-corrected chi connectivity index (χ2v) is 7.93. The molecule has 0 bridgehead atoms. The van der Waals surface area contributed by atoms with Gasteiger partial charge >= 0.3 is 0 Å². The van der Waals surface area contributed by atoms with Crippen LogP contribution in [0.3, 0.4) is 0 Å². The van der Waals surface area contributed by atoms with Crippen molar-refractivity contribution in [1.82, 2.24) is 10.3 Å². The molecule has 3 nitrogen and oxygen atoms in total. The molecule has 0 aliphatic heterocycles. The van der Waals surface area contributed by atoms with E-state index in [9.17, 15) is 4.79 Å². The highest BCUT2D eigenvalue weighted by molar-refractivity contribution is 6.30. The summed E-state index contributed by atoms with van der Waals surface area (Å²) in [6.07, 6.45) is 6.58. The van der Waals surface area contributed by atoms with E-state index in [0.29, 0.717) is 22.4 Å². The third kappa shape index (κ3) is 4.27. The molecule has 1 aliphatic carbocycles. The molecule has 1 aliphatic rings. The summed E-state index contributed by atoms with van der Waals surface area (Å²) >= 11 is 5.89. The first-order valence-corrected chi connectivity index (χ1v) is 9.82. The van der Waals surface area contributed by atoms with Crippen molar-refractivity contribution < 1.29 is 4.79 Å². The molecule has 3 rings (SSSR count). The second kappa shape index (κ2) is 8.22. The summed E-state index contributed by atoms with van der Waals surface area (Å²) in [5, 5.41) is 3.82. The normalized spacial score (nSPS) is 21.2. The van der Waals surface area contributed by atoms with Crippen molar-refractivity contribution in [2.45, 2.75) is 58.4 Å². The Morgan fingerprint density at radius 3 is 2.42 bits per heavy atom. The van der Waals surface area contributed by atoms with E-state index in [1.165, 1.54) is 24.0 Å². The van der Waals surface area contributed by atoms with Crippen molar-refractivity contribution in [2.75, 3.05) is 0 Å². The Kier molecular flexibility index (Phi) is 5.98. The standard InChI is InChI=1S/C22H27ClN2O/c1-14-15(2)24-13-12-21(14)18-6-4-17(5-7-18)16(3)25-22(26)19-8-10-20(23)11-9-19/h8-13,16-18H,4-7H2,1-3H3,(H,25,26)/t16-,17?,18?/m1/s1. The lowest BCUT2D eigenvalue weighted by atomic mass is 9.75. The highest BCUT2D eigenvalue weighted by Crippen LogP contribution is 2.38. The lowest BCUT2D eigenvalue weighted by Crippen LogP contribution is -2.39. The minimum Gasteiger partial charge on any atom is -0.349 e. The van der Waals surface area contributed by atoms with Gasteiger partial charge in [0.15, 0.2) is 0 Å². The van der Waals surface area contributed by atoms with Gasteiger partial charge in [-0.2, -0.15) is 0 Å². The van der Waals surface area contributed by atoms with Crippen molar-refractivity contribution in [3.63, 3.8) is 0 Å². The van der Waals surface area contributed by atoms with Gasteiger partial charge in [-0.25, -0.2) is 0 Å². The number of hydrogen-bond acceptors (Lipinski definition) is 2. The molecule has 1 N–H and O–H groups in total. The Hall–Kier alpha value is -1.87. The quantitative estimate of drug-likeness (QED) is 0.778. The highest BCUT2D eigenvalue weighted by Gasteiger charge is 2.28. The average Bonchev–Trinajstić information content (AvgIpc) is 2.64. The van der Waals surface area contributed by atoms with E-state index >= 15 is 0 Å². The first-order valence-electron chi connectivity index (χ1n) is 9.44. The number of halogens is 1. The van der Waals surface area contributed by atoms with Gasteiger partial charge in [0.2, 0.25) is 0 Å². The number of rotatable bonds is 4. The van der Waals surface area contributed by atoms with Crippen LogP contribution in [0.25, 0.3) is 0 Å². The maximum absolute atomic E-state index is 12.4. The Labute approximate surface area is 161 Å². The number of benzene rings is 1. The number of nitrogens with one attached hydrogen (secondary N) is 1. The predicted molar refractivity (Wildman–Crippen MR) is 107 cm³/mol. The molecule has 0 unspecified atom stereocenters. The zero-order valence-corrected chi connectivity index (χ0v) is 16.5. The molecule has 0 radical (unpaired) electrons. The van der Waals surface area contributed by atoms with Gasteiger partial charge in [0.25, 0.3) is 5.91 Å². The molecule has 1 heterocycles. The lowest BCUT2D eigenvalue weighted by Gasteiger charge is -2.33. The molecule has 1 amide bonds. The van der Waals surface area contributed by atoms with E-state index in [-0.39, 0.29) is 11.9 Å². The van der Waals surface area contributed by atoms with E-state index in [1.807, 2.05) is 6.20 Å². The topological polar surface area (TPSA) is 42.0 Å². The van der Waals surface area contributed by atoms with E-state index in [0.717, 1.165) is 18.5 Å². The van der Waals surface area contributed by atoms with Crippen LogP contribution in [0.15, 0.2) is 36.5 Å². The Morgan fingerprint density at radius 1 is 1.12 bits per heavy atom. The first-order chi connectivity index (χ1) is 12.5. The van der Waals surface area contributed by atoms with Crippen LogP contribution in [0, 0.1) is 19.8 Å². The minimum absolute atomic E-state index is 0.0168. The average molecular weight is 371 g/mol. The van der Waals surface area contributed by atoms with Crippen molar-refractivity contribution in [3.8, 4) is 0 Å². The predicted octanol–water partition coefficient (Wildman–Crippen LogP) is 5.44. The fourth-order valence-electron chi connectivity index (χ4n) is 4.04. The number of nitrogens with zero attached hydrogens (tertiary/aromatic N) is 1. The van der Waals surface area contributed by atoms with Crippen LogP contribution < -0.4 is 5.32 Å². The number of carbonyl (C=O) groups excluding carboxylic acids is 1. The van der Waals surface area contributed by atoms with Crippen LogP contribution in [0.2, 0.25) is 5.02 Å². The zero-order chi connectivity index (χ0) is 18.7. The van der Waals surface area contributed by atoms with E-state index < -0.39 is 0 Å². The minimum atomic E-state index is -0.0168. The van der Waals surface area contributed by atoms with Crippen LogP contribution in [0.5, 0.6) is 0 Å². The van der Waals surface area contributed by atoms with Crippen molar-refractivity contribution in [2.24, 2.45) is 5.92 Å². The smallest absolute Gasteiger partial charge is 0.251 e. The summed E-state index contributed by atoms with van der Waals surface area (Å²) in [5.41, 5.74) is 4.58. The van der Waals surface area contributed by atoms with Crippen LogP contribution in [-0.2, 0) is 0 Å². The van der Waals surface area contributed by atoms with Gasteiger partial charge in [-0.15, -0.1) is 0 Å². The maximum atomic E-state index is 12.4. The second-order valence-electron chi connectivity index (χ2n) is 7.49. The van der Waals surface area contributed by atoms with E-state index in [2.05, 4.69) is 37.1 Å². The summed E-state index contributed by atoms with van der Waals surface area (Å²) in [6.45, 7) is 6.39. The van der Waals surface area contributed by atoms with Gasteiger partial charge in [0, 0.05) is 28.5 Å². The monoisotopic (exact) mass is 370 g/mol. The summed E-state index contributed by atoms with van der Waals surface area (Å²) in [7, 11) is 0. The summed E-state index contributed by atoms with van der Waals surface area (Å²) in [4.78, 5) is 16.8. The van der Waals surface area contributed by atoms with Crippen LogP contribution in [0.1, 0.15) is 65.7 Å². The fraction of sp³-hybridized carbons (Fsp3) is 0.455. The van der Waals surface area contributed by atoms with Crippen LogP contribution in [0.4, 0.5) is 0 Å². The van der Waals surface area contributed by atoms with Gasteiger partial charge in [-0.05, 0) is 99.7 Å². The van der Waals surface area contributed by atoms with Crippen LogP contribution >= 0.6 is 11.6 Å². The molecule has 1 aromatic carbocycles. The van der Waals surface area contributed by atoms with E-state index in [4.69, 9.17) is 11.6 Å². The number of aromatic nitrogens is 1. The summed E-state index contributed by atoms with van der Waals surface area (Å²) in [6, 6.07) is 9.42. The summed E-state index contributed by atoms with van der Waals surface area (Å²) < 4.78 is 0. The molecule has 1 saturated carbocycles. The third-order valence-electron chi connectivity index (χ3n) is 5.88. The first kappa shape index (κ1) is 18.9. The lowest BCUT2D eigenvalue weighted by molar-refractivity contribution is 0.0918. The van der Waals surface area contributed by atoms with Gasteiger partial charge < -0.3 is 5.32 Å².